The molecular formula is C36H82N4. The Balaban J connectivity index is -0.000000458. The van der Waals surface area contributed by atoms with E-state index in [2.05, 4.69) is 98.4 Å². The normalized spacial score (nSPS) is 13.6. The minimum Gasteiger partial charge on any atom is -0.326 e. The third-order valence-corrected chi connectivity index (χ3v) is 7.15. The topological polar surface area (TPSA) is 44.5 Å². The molecule has 3 N–H and O–H groups in total. The van der Waals surface area contributed by atoms with Gasteiger partial charge in [0.05, 0.1) is 0 Å². The van der Waals surface area contributed by atoms with E-state index < -0.39 is 0 Å². The first-order valence-electron chi connectivity index (χ1n) is 17.4. The molecule has 0 aromatic carbocycles. The average Bonchev–Trinajstić information content (AvgIpc) is 2.78. The summed E-state index contributed by atoms with van der Waals surface area (Å²) in [4.78, 5) is 4.81. The van der Waals surface area contributed by atoms with Crippen LogP contribution >= 0.6 is 0 Å². The van der Waals surface area contributed by atoms with E-state index in [4.69, 9.17) is 5.73 Å². The van der Waals surface area contributed by atoms with Gasteiger partial charge in [0.1, 0.15) is 0 Å². The molecule has 0 bridgehead atoms. The van der Waals surface area contributed by atoms with Crippen molar-refractivity contribution in [2.75, 3.05) is 53.9 Å². The molecule has 0 aromatic rings. The monoisotopic (exact) mass is 571 g/mol. The summed E-state index contributed by atoms with van der Waals surface area (Å²) in [5, 5.41) is 3.14. The van der Waals surface area contributed by atoms with E-state index in [1.54, 1.807) is 0 Å². The lowest BCUT2D eigenvalue weighted by Gasteiger charge is -2.30. The molecule has 1 fully saturated rings. The van der Waals surface area contributed by atoms with Gasteiger partial charge in [-0.15, -0.1) is 0 Å². The number of nitrogens with one attached hydrogen (secondary N) is 1. The fraction of sp³-hybridized carbons (Fsp3) is 1.00. The third kappa shape index (κ3) is 47.6. The third-order valence-electron chi connectivity index (χ3n) is 7.15. The molecule has 0 radical (unpaired) electrons. The fourth-order valence-corrected chi connectivity index (χ4v) is 4.29. The van der Waals surface area contributed by atoms with Crippen LogP contribution in [0.5, 0.6) is 0 Å². The summed E-state index contributed by atoms with van der Waals surface area (Å²) >= 11 is 0. The highest BCUT2D eigenvalue weighted by molar-refractivity contribution is 4.71. The lowest BCUT2D eigenvalue weighted by Crippen LogP contribution is -2.37. The molecular weight excluding hydrogens is 488 g/mol. The van der Waals surface area contributed by atoms with Gasteiger partial charge < -0.3 is 20.9 Å². The highest BCUT2D eigenvalue weighted by atomic mass is 15.2. The molecule has 40 heavy (non-hydrogen) atoms. The van der Waals surface area contributed by atoms with Crippen molar-refractivity contribution in [3.05, 3.63) is 0 Å². The van der Waals surface area contributed by atoms with Gasteiger partial charge in [0.2, 0.25) is 0 Å². The van der Waals surface area contributed by atoms with Crippen LogP contribution in [0, 0.1) is 23.7 Å². The lowest BCUT2D eigenvalue weighted by molar-refractivity contribution is 0.177. The van der Waals surface area contributed by atoms with Gasteiger partial charge in [-0.1, -0.05) is 107 Å². The van der Waals surface area contributed by atoms with Crippen molar-refractivity contribution in [1.29, 1.82) is 0 Å². The van der Waals surface area contributed by atoms with Crippen molar-refractivity contribution in [3.8, 4) is 0 Å². The van der Waals surface area contributed by atoms with E-state index in [1.807, 2.05) is 7.05 Å². The van der Waals surface area contributed by atoms with Crippen LogP contribution in [0.4, 0.5) is 0 Å². The average molecular weight is 571 g/mol. The molecule has 1 saturated heterocycles. The van der Waals surface area contributed by atoms with Gasteiger partial charge in [0.15, 0.2) is 0 Å². The Hall–Kier alpha value is -0.160. The van der Waals surface area contributed by atoms with E-state index in [0.717, 1.165) is 30.1 Å². The van der Waals surface area contributed by atoms with Gasteiger partial charge >= 0.3 is 0 Å². The number of hydrogen-bond acceptors (Lipinski definition) is 4. The number of rotatable bonds is 19. The van der Waals surface area contributed by atoms with E-state index in [0.29, 0.717) is 0 Å². The molecule has 246 valence electrons. The summed E-state index contributed by atoms with van der Waals surface area (Å²) in [5.41, 5.74) is 5.86. The van der Waals surface area contributed by atoms with Crippen LogP contribution in [0.15, 0.2) is 0 Å². The van der Waals surface area contributed by atoms with Crippen molar-refractivity contribution < 1.29 is 0 Å². The Bertz CT molecular complexity index is 452. The van der Waals surface area contributed by atoms with Crippen molar-refractivity contribution in [1.82, 2.24) is 15.1 Å². The van der Waals surface area contributed by atoms with Gasteiger partial charge in [-0.3, -0.25) is 0 Å². The largest absolute Gasteiger partial charge is 0.326 e. The van der Waals surface area contributed by atoms with Crippen LogP contribution in [0.2, 0.25) is 0 Å². The molecule has 4 nitrogen and oxygen atoms in total. The predicted molar refractivity (Wildman–Crippen MR) is 187 cm³/mol. The summed E-state index contributed by atoms with van der Waals surface area (Å²) < 4.78 is 0. The minimum absolute atomic E-state index is 0.0366. The van der Waals surface area contributed by atoms with Crippen LogP contribution in [0.3, 0.4) is 0 Å². The smallest absolute Gasteiger partial charge is 0.00970 e. The standard InChI is InChI=1S/C10H21N.2C9H21N.C8H19N/c1-10(2)6-3-4-7-11-8-5-9-11;1-9(2)7-5-6-8-10(3)4;1-8(2)6-5-7-9(3,4)10;1-8(2)6-4-5-7-9-3/h10H,3-9H2,1-2H3;9H,5-8H2,1-4H3;8H,5-7,10H2,1-4H3;8-9H,4-7H2,1-3H3. The Labute approximate surface area is 256 Å². The number of likely N-dealkylation sites (tertiary alicyclic amines) is 1. The van der Waals surface area contributed by atoms with Gasteiger partial charge in [0.25, 0.3) is 0 Å². The SMILES string of the molecule is CC(C)CCCC(C)(C)N.CC(C)CCCCN(C)C.CC(C)CCCCN1CCC1.CNCCCCC(C)C. The van der Waals surface area contributed by atoms with Crippen molar-refractivity contribution in [2.45, 2.75) is 158 Å². The summed E-state index contributed by atoms with van der Waals surface area (Å²) in [6, 6.07) is 0. The second-order valence-electron chi connectivity index (χ2n) is 15.0. The first-order valence-corrected chi connectivity index (χ1v) is 17.4. The van der Waals surface area contributed by atoms with Crippen LogP contribution in [-0.4, -0.2) is 69.2 Å². The van der Waals surface area contributed by atoms with Crippen LogP contribution in [-0.2, 0) is 0 Å². The molecule has 0 saturated carbocycles. The van der Waals surface area contributed by atoms with Gasteiger partial charge in [-0.05, 0) is 123 Å². The van der Waals surface area contributed by atoms with E-state index in [-0.39, 0.29) is 5.54 Å². The number of unbranched alkanes of at least 4 members (excludes halogenated alkanes) is 3. The maximum atomic E-state index is 5.82. The lowest BCUT2D eigenvalue weighted by atomic mass is 9.96. The van der Waals surface area contributed by atoms with E-state index in [9.17, 15) is 0 Å². The Kier molecular flexibility index (Phi) is 33.5. The van der Waals surface area contributed by atoms with Crippen LogP contribution in [0.25, 0.3) is 0 Å². The molecule has 0 unspecified atom stereocenters. The molecule has 1 heterocycles. The molecule has 0 spiro atoms. The summed E-state index contributed by atoms with van der Waals surface area (Å²) in [6.45, 7) is 28.9. The predicted octanol–water partition coefficient (Wildman–Crippen LogP) is 9.47. The highest BCUT2D eigenvalue weighted by Crippen LogP contribution is 2.13. The van der Waals surface area contributed by atoms with Crippen molar-refractivity contribution in [2.24, 2.45) is 29.4 Å². The van der Waals surface area contributed by atoms with Gasteiger partial charge in [-0.25, -0.2) is 0 Å². The van der Waals surface area contributed by atoms with Crippen LogP contribution < -0.4 is 11.1 Å². The minimum atomic E-state index is 0.0366. The zero-order valence-electron chi connectivity index (χ0n) is 30.5. The Morgan fingerprint density at radius 1 is 0.675 bits per heavy atom. The first kappa shape index (κ1) is 44.3. The van der Waals surface area contributed by atoms with Gasteiger partial charge in [-0.2, -0.15) is 0 Å². The zero-order chi connectivity index (χ0) is 31.4. The molecule has 1 rings (SSSR count). The maximum absolute atomic E-state index is 5.82. The summed E-state index contributed by atoms with van der Waals surface area (Å²) in [7, 11) is 6.28. The molecule has 0 amide bonds. The number of hydrogen-bond donors (Lipinski definition) is 2. The molecule has 1 aliphatic rings. The van der Waals surface area contributed by atoms with E-state index >= 15 is 0 Å². The molecule has 0 aromatic heterocycles. The molecule has 4 heteroatoms. The maximum Gasteiger partial charge on any atom is 0.00970 e. The summed E-state index contributed by atoms with van der Waals surface area (Å²) in [6.07, 6.45) is 17.6. The van der Waals surface area contributed by atoms with Crippen molar-refractivity contribution >= 4 is 0 Å². The first-order chi connectivity index (χ1) is 18.6. The molecule has 0 atom stereocenters. The quantitative estimate of drug-likeness (QED) is 0.152. The van der Waals surface area contributed by atoms with Gasteiger partial charge in [0, 0.05) is 5.54 Å². The Morgan fingerprint density at radius 2 is 1.10 bits per heavy atom. The van der Waals surface area contributed by atoms with E-state index in [1.165, 1.54) is 110 Å². The van der Waals surface area contributed by atoms with Crippen molar-refractivity contribution in [3.63, 3.8) is 0 Å². The second-order valence-corrected chi connectivity index (χ2v) is 15.0. The van der Waals surface area contributed by atoms with Crippen LogP contribution in [0.1, 0.15) is 153 Å². The zero-order valence-corrected chi connectivity index (χ0v) is 30.5. The number of nitrogens with zero attached hydrogens (tertiary/aromatic N) is 2. The fourth-order valence-electron chi connectivity index (χ4n) is 4.29. The molecule has 0 aliphatic carbocycles. The number of nitrogens with two attached hydrogens (primary N) is 1. The second kappa shape index (κ2) is 30.3. The summed E-state index contributed by atoms with van der Waals surface area (Å²) in [5.74, 6) is 3.47. The highest BCUT2D eigenvalue weighted by Gasteiger charge is 2.12. The molecule has 1 aliphatic heterocycles. The Morgan fingerprint density at radius 3 is 1.45 bits per heavy atom.